The Morgan fingerprint density at radius 2 is 1.85 bits per heavy atom. The number of carbonyl (C=O) groups excluding carboxylic acids is 1. The normalized spacial score (nSPS) is 12.6. The van der Waals surface area contributed by atoms with Crippen molar-refractivity contribution in [2.45, 2.75) is 25.9 Å². The Balaban J connectivity index is 1.35. The Labute approximate surface area is 237 Å². The van der Waals surface area contributed by atoms with E-state index < -0.39 is 7.37 Å². The lowest BCUT2D eigenvalue weighted by molar-refractivity contribution is -0.121. The quantitative estimate of drug-likeness (QED) is 0.140. The van der Waals surface area contributed by atoms with Crippen LogP contribution in [0.3, 0.4) is 0 Å². The molecule has 1 atom stereocenters. The number of carbonyl (C=O) groups is 1. The van der Waals surface area contributed by atoms with Crippen molar-refractivity contribution < 1.29 is 14.3 Å². The summed E-state index contributed by atoms with van der Waals surface area (Å²) in [5.41, 5.74) is 3.40. The number of aromatic amines is 1. The van der Waals surface area contributed by atoms with Crippen molar-refractivity contribution in [1.82, 2.24) is 24.8 Å². The van der Waals surface area contributed by atoms with Crippen LogP contribution in [-0.4, -0.2) is 43.5 Å². The largest absolute Gasteiger partial charge is 0.379 e. The Morgan fingerprint density at radius 3 is 2.59 bits per heavy atom. The molecule has 0 bridgehead atoms. The highest BCUT2D eigenvalue weighted by molar-refractivity contribution is 7.65. The number of nitrogens with one attached hydrogen (secondary N) is 3. The van der Waals surface area contributed by atoms with E-state index >= 15 is 0 Å². The number of rotatable bonds is 11. The first-order valence-corrected chi connectivity index (χ1v) is 15.4. The van der Waals surface area contributed by atoms with E-state index in [9.17, 15) is 19.0 Å². The van der Waals surface area contributed by atoms with Gasteiger partial charge in [-0.15, -0.1) is 0 Å². The van der Waals surface area contributed by atoms with Gasteiger partial charge >= 0.3 is 0 Å². The Morgan fingerprint density at radius 1 is 1.07 bits per heavy atom. The van der Waals surface area contributed by atoms with Crippen LogP contribution in [-0.2, 0) is 28.9 Å². The Bertz CT molecular complexity index is 1730. The molecular weight excluding hydrogens is 539 g/mol. The average molecular weight is 571 g/mol. The molecule has 0 saturated carbocycles. The summed E-state index contributed by atoms with van der Waals surface area (Å²) in [6.45, 7) is 1.82. The third-order valence-corrected chi connectivity index (χ3v) is 7.96. The molecular formula is C30H31N6O4P. The van der Waals surface area contributed by atoms with Crippen LogP contribution in [0.1, 0.15) is 17.7 Å². The lowest BCUT2D eigenvalue weighted by Gasteiger charge is -2.15. The van der Waals surface area contributed by atoms with E-state index in [0.717, 1.165) is 29.4 Å². The Hall–Kier alpha value is -4.53. The van der Waals surface area contributed by atoms with Gasteiger partial charge < -0.3 is 20.5 Å². The standard InChI is InChI=1S/C30H31N6O4P/c1-41(39,40)25-11-9-22(10-12-25)29-34-19-27(32-14-5-8-21-6-3-2-4-7-21)30(38)36(29)20-28(37)33-18-24-16-23-17-31-15-13-26(23)35-24/h2-4,6-7,9-13,15-17,19,32,35H,5,8,14,18,20H2,1H3,(H,33,37)(H,39,40). The molecule has 1 amide bonds. The number of hydrogen-bond acceptors (Lipinski definition) is 6. The molecule has 3 aromatic heterocycles. The summed E-state index contributed by atoms with van der Waals surface area (Å²) in [6, 6.07) is 20.2. The van der Waals surface area contributed by atoms with Crippen molar-refractivity contribution in [1.29, 1.82) is 0 Å². The molecule has 0 radical (unpaired) electrons. The van der Waals surface area contributed by atoms with Gasteiger partial charge in [-0.05, 0) is 42.7 Å². The molecule has 4 N–H and O–H groups in total. The zero-order valence-electron chi connectivity index (χ0n) is 22.6. The van der Waals surface area contributed by atoms with Crippen molar-refractivity contribution in [3.05, 3.63) is 107 Å². The van der Waals surface area contributed by atoms with Crippen molar-refractivity contribution in [2.24, 2.45) is 0 Å². The number of H-pyrrole nitrogens is 1. The van der Waals surface area contributed by atoms with Crippen LogP contribution in [0.25, 0.3) is 22.3 Å². The number of anilines is 1. The van der Waals surface area contributed by atoms with Crippen molar-refractivity contribution in [3.63, 3.8) is 0 Å². The molecule has 5 aromatic rings. The zero-order valence-corrected chi connectivity index (χ0v) is 23.5. The molecule has 2 aromatic carbocycles. The van der Waals surface area contributed by atoms with Crippen molar-refractivity contribution >= 4 is 35.2 Å². The van der Waals surface area contributed by atoms with E-state index in [1.54, 1.807) is 24.5 Å². The molecule has 3 heterocycles. The van der Waals surface area contributed by atoms with Crippen LogP contribution in [0.2, 0.25) is 0 Å². The molecule has 41 heavy (non-hydrogen) atoms. The monoisotopic (exact) mass is 570 g/mol. The van der Waals surface area contributed by atoms with Gasteiger partial charge in [-0.2, -0.15) is 0 Å². The number of pyridine rings is 1. The van der Waals surface area contributed by atoms with Gasteiger partial charge in [-0.25, -0.2) is 4.98 Å². The number of aryl methyl sites for hydroxylation is 1. The van der Waals surface area contributed by atoms with Crippen molar-refractivity contribution in [2.75, 3.05) is 18.5 Å². The second-order valence-corrected chi connectivity index (χ2v) is 12.1. The van der Waals surface area contributed by atoms with Crippen LogP contribution in [0, 0.1) is 0 Å². The molecule has 11 heteroatoms. The maximum Gasteiger partial charge on any atom is 0.277 e. The predicted molar refractivity (Wildman–Crippen MR) is 161 cm³/mol. The van der Waals surface area contributed by atoms with Crippen molar-refractivity contribution in [3.8, 4) is 11.4 Å². The van der Waals surface area contributed by atoms with Gasteiger partial charge in [0.15, 0.2) is 0 Å². The number of benzene rings is 2. The van der Waals surface area contributed by atoms with E-state index in [1.165, 1.54) is 35.1 Å². The molecule has 5 rings (SSSR count). The topological polar surface area (TPSA) is 142 Å². The SMILES string of the molecule is CP(=O)(O)c1ccc(-c2ncc(NCCCc3ccccc3)c(=O)n2CC(=O)NCc2cc3cnccc3[nH]2)cc1. The molecule has 0 aliphatic heterocycles. The molecule has 10 nitrogen and oxygen atoms in total. The number of nitrogens with zero attached hydrogens (tertiary/aromatic N) is 3. The second-order valence-electron chi connectivity index (χ2n) is 9.86. The van der Waals surface area contributed by atoms with Crippen LogP contribution in [0.15, 0.2) is 90.1 Å². The molecule has 0 saturated heterocycles. The van der Waals surface area contributed by atoms with Crippen LogP contribution in [0.5, 0.6) is 0 Å². The average Bonchev–Trinajstić information content (AvgIpc) is 3.39. The van der Waals surface area contributed by atoms with Gasteiger partial charge in [0.25, 0.3) is 5.56 Å². The number of amides is 1. The summed E-state index contributed by atoms with van der Waals surface area (Å²) in [4.78, 5) is 48.4. The summed E-state index contributed by atoms with van der Waals surface area (Å²) < 4.78 is 13.4. The highest BCUT2D eigenvalue weighted by Gasteiger charge is 2.18. The zero-order chi connectivity index (χ0) is 28.8. The van der Waals surface area contributed by atoms with E-state index in [-0.39, 0.29) is 35.7 Å². The lowest BCUT2D eigenvalue weighted by atomic mass is 10.1. The minimum atomic E-state index is -3.44. The van der Waals surface area contributed by atoms with Crippen LogP contribution >= 0.6 is 7.37 Å². The molecule has 0 fully saturated rings. The maximum atomic E-state index is 13.6. The first-order valence-electron chi connectivity index (χ1n) is 13.2. The predicted octanol–water partition coefficient (Wildman–Crippen LogP) is 3.67. The van der Waals surface area contributed by atoms with Gasteiger partial charge in [0.2, 0.25) is 13.3 Å². The minimum Gasteiger partial charge on any atom is -0.379 e. The maximum absolute atomic E-state index is 13.6. The first-order chi connectivity index (χ1) is 19.8. The van der Waals surface area contributed by atoms with E-state index in [1.807, 2.05) is 30.3 Å². The van der Waals surface area contributed by atoms with E-state index in [0.29, 0.717) is 17.8 Å². The first kappa shape index (κ1) is 28.0. The molecule has 1 unspecified atom stereocenters. The van der Waals surface area contributed by atoms with E-state index in [4.69, 9.17) is 0 Å². The Kier molecular flexibility index (Phi) is 8.42. The number of hydrogen-bond donors (Lipinski definition) is 4. The molecule has 0 spiro atoms. The molecule has 210 valence electrons. The van der Waals surface area contributed by atoms with Gasteiger partial charge in [-0.1, -0.05) is 42.5 Å². The van der Waals surface area contributed by atoms with Gasteiger partial charge in [-0.3, -0.25) is 23.7 Å². The fraction of sp³-hybridized carbons (Fsp3) is 0.200. The summed E-state index contributed by atoms with van der Waals surface area (Å²) in [5.74, 6) is -0.0784. The van der Waals surface area contributed by atoms with Gasteiger partial charge in [0, 0.05) is 53.1 Å². The van der Waals surface area contributed by atoms with E-state index in [2.05, 4.69) is 37.7 Å². The fourth-order valence-corrected chi connectivity index (χ4v) is 5.26. The highest BCUT2D eigenvalue weighted by atomic mass is 31.2. The second kappa shape index (κ2) is 12.3. The number of fused-ring (bicyclic) bond motifs is 1. The molecule has 0 aliphatic rings. The highest BCUT2D eigenvalue weighted by Crippen LogP contribution is 2.34. The summed E-state index contributed by atoms with van der Waals surface area (Å²) in [7, 11) is -3.44. The molecule has 0 aliphatic carbocycles. The summed E-state index contributed by atoms with van der Waals surface area (Å²) in [5, 5.41) is 7.26. The lowest BCUT2D eigenvalue weighted by Crippen LogP contribution is -2.34. The third-order valence-electron chi connectivity index (χ3n) is 6.71. The number of aromatic nitrogens is 4. The fourth-order valence-electron chi connectivity index (χ4n) is 4.56. The third kappa shape index (κ3) is 6.98. The van der Waals surface area contributed by atoms with Crippen LogP contribution < -0.4 is 21.5 Å². The van der Waals surface area contributed by atoms with Gasteiger partial charge in [0.1, 0.15) is 18.1 Å². The minimum absolute atomic E-state index is 0.249. The van der Waals surface area contributed by atoms with Crippen LogP contribution in [0.4, 0.5) is 5.69 Å². The summed E-state index contributed by atoms with van der Waals surface area (Å²) >= 11 is 0. The summed E-state index contributed by atoms with van der Waals surface area (Å²) in [6.07, 6.45) is 6.57. The smallest absolute Gasteiger partial charge is 0.277 e. The van der Waals surface area contributed by atoms with Gasteiger partial charge in [0.05, 0.1) is 12.7 Å².